The Morgan fingerprint density at radius 2 is 1.91 bits per heavy atom. The zero-order valence-corrected chi connectivity index (χ0v) is 13.8. The van der Waals surface area contributed by atoms with Crippen molar-refractivity contribution in [3.05, 3.63) is 46.3 Å². The van der Waals surface area contributed by atoms with Crippen LogP contribution >= 0.6 is 23.2 Å². The first kappa shape index (κ1) is 16.5. The summed E-state index contributed by atoms with van der Waals surface area (Å²) in [5.74, 6) is 0.349. The second kappa shape index (κ2) is 7.42. The minimum atomic E-state index is -0.361. The van der Waals surface area contributed by atoms with Crippen LogP contribution < -0.4 is 10.2 Å². The smallest absolute Gasteiger partial charge is 0.274 e. The molecular formula is C15H16Cl2N4O. The van der Waals surface area contributed by atoms with Crippen molar-refractivity contribution in [3.8, 4) is 0 Å². The van der Waals surface area contributed by atoms with Gasteiger partial charge in [-0.3, -0.25) is 4.79 Å². The molecule has 0 aliphatic heterocycles. The van der Waals surface area contributed by atoms with Crippen LogP contribution in [0.3, 0.4) is 0 Å². The average molecular weight is 339 g/mol. The van der Waals surface area contributed by atoms with Crippen molar-refractivity contribution in [1.82, 2.24) is 9.97 Å². The van der Waals surface area contributed by atoms with E-state index in [0.717, 1.165) is 13.1 Å². The molecule has 0 saturated carbocycles. The molecule has 0 bridgehead atoms. The number of carbonyl (C=O) groups excluding carboxylic acids is 1. The number of hydrogen-bond donors (Lipinski definition) is 1. The van der Waals surface area contributed by atoms with E-state index in [4.69, 9.17) is 23.2 Å². The van der Waals surface area contributed by atoms with E-state index >= 15 is 0 Å². The van der Waals surface area contributed by atoms with E-state index in [1.807, 2.05) is 18.7 Å². The fourth-order valence-corrected chi connectivity index (χ4v) is 2.31. The van der Waals surface area contributed by atoms with Crippen molar-refractivity contribution >= 4 is 40.6 Å². The second-order valence-corrected chi connectivity index (χ2v) is 5.36. The van der Waals surface area contributed by atoms with Gasteiger partial charge in [0, 0.05) is 24.2 Å². The maximum Gasteiger partial charge on any atom is 0.274 e. The molecule has 0 radical (unpaired) electrons. The molecule has 0 spiro atoms. The van der Waals surface area contributed by atoms with E-state index in [1.54, 1.807) is 24.3 Å². The van der Waals surface area contributed by atoms with Gasteiger partial charge in [-0.1, -0.05) is 23.2 Å². The highest BCUT2D eigenvalue weighted by molar-refractivity contribution is 6.35. The van der Waals surface area contributed by atoms with Crippen LogP contribution in [0.25, 0.3) is 0 Å². The zero-order chi connectivity index (χ0) is 16.1. The van der Waals surface area contributed by atoms with E-state index in [9.17, 15) is 4.79 Å². The summed E-state index contributed by atoms with van der Waals surface area (Å²) < 4.78 is 0. The lowest BCUT2D eigenvalue weighted by molar-refractivity contribution is 0.102. The Morgan fingerprint density at radius 3 is 2.59 bits per heavy atom. The molecule has 0 atom stereocenters. The Labute approximate surface area is 139 Å². The summed E-state index contributed by atoms with van der Waals surface area (Å²) in [7, 11) is 0. The normalized spacial score (nSPS) is 10.4. The first-order valence-corrected chi connectivity index (χ1v) is 7.64. The Hall–Kier alpha value is -1.85. The van der Waals surface area contributed by atoms with Crippen molar-refractivity contribution in [3.63, 3.8) is 0 Å². The number of carbonyl (C=O) groups is 1. The quantitative estimate of drug-likeness (QED) is 0.898. The van der Waals surface area contributed by atoms with Crippen LogP contribution in [0.4, 0.5) is 11.5 Å². The average Bonchev–Trinajstić information content (AvgIpc) is 2.52. The molecule has 1 heterocycles. The molecule has 116 valence electrons. The van der Waals surface area contributed by atoms with Crippen LogP contribution in [0.1, 0.15) is 24.3 Å². The summed E-state index contributed by atoms with van der Waals surface area (Å²) in [5, 5.41) is 3.61. The lowest BCUT2D eigenvalue weighted by atomic mass is 10.3. The lowest BCUT2D eigenvalue weighted by Crippen LogP contribution is -2.24. The Kier molecular flexibility index (Phi) is 5.57. The van der Waals surface area contributed by atoms with Crippen LogP contribution in [0.5, 0.6) is 0 Å². The maximum atomic E-state index is 12.3. The molecule has 0 unspecified atom stereocenters. The number of anilines is 2. The highest BCUT2D eigenvalue weighted by atomic mass is 35.5. The van der Waals surface area contributed by atoms with Crippen molar-refractivity contribution in [2.75, 3.05) is 23.3 Å². The highest BCUT2D eigenvalue weighted by Crippen LogP contribution is 2.25. The summed E-state index contributed by atoms with van der Waals surface area (Å²) in [5.41, 5.74) is 0.718. The van der Waals surface area contributed by atoms with E-state index in [1.165, 1.54) is 6.33 Å². The molecule has 1 aromatic carbocycles. The molecule has 5 nitrogen and oxygen atoms in total. The largest absolute Gasteiger partial charge is 0.357 e. The molecule has 1 N–H and O–H groups in total. The summed E-state index contributed by atoms with van der Waals surface area (Å²) in [6, 6.07) is 6.53. The van der Waals surface area contributed by atoms with E-state index < -0.39 is 0 Å². The van der Waals surface area contributed by atoms with Gasteiger partial charge in [0.15, 0.2) is 0 Å². The number of benzene rings is 1. The minimum absolute atomic E-state index is 0.271. The van der Waals surface area contributed by atoms with Crippen LogP contribution in [0.15, 0.2) is 30.6 Å². The molecule has 0 saturated heterocycles. The highest BCUT2D eigenvalue weighted by Gasteiger charge is 2.13. The van der Waals surface area contributed by atoms with Crippen LogP contribution in [0, 0.1) is 0 Å². The van der Waals surface area contributed by atoms with E-state index in [-0.39, 0.29) is 11.6 Å². The number of aromatic nitrogens is 2. The molecular weight excluding hydrogens is 323 g/mol. The van der Waals surface area contributed by atoms with E-state index in [0.29, 0.717) is 21.6 Å². The SMILES string of the molecule is CCN(CC)c1cc(C(=O)Nc2cc(Cl)ccc2Cl)ncn1. The van der Waals surface area contributed by atoms with Gasteiger partial charge in [0.1, 0.15) is 17.8 Å². The van der Waals surface area contributed by atoms with Crippen molar-refractivity contribution in [1.29, 1.82) is 0 Å². The van der Waals surface area contributed by atoms with Gasteiger partial charge in [0.05, 0.1) is 10.7 Å². The Balaban J connectivity index is 2.23. The molecule has 2 aromatic rings. The van der Waals surface area contributed by atoms with Gasteiger partial charge in [0.25, 0.3) is 5.91 Å². The molecule has 2 rings (SSSR count). The third kappa shape index (κ3) is 3.87. The van der Waals surface area contributed by atoms with Crippen molar-refractivity contribution in [2.45, 2.75) is 13.8 Å². The summed E-state index contributed by atoms with van der Waals surface area (Å²) in [6.45, 7) is 5.65. The van der Waals surface area contributed by atoms with Gasteiger partial charge in [-0.2, -0.15) is 0 Å². The minimum Gasteiger partial charge on any atom is -0.357 e. The molecule has 1 amide bonds. The third-order valence-corrected chi connectivity index (χ3v) is 3.71. The molecule has 0 fully saturated rings. The zero-order valence-electron chi connectivity index (χ0n) is 12.3. The number of nitrogens with zero attached hydrogens (tertiary/aromatic N) is 3. The number of nitrogens with one attached hydrogen (secondary N) is 1. The summed E-state index contributed by atoms with van der Waals surface area (Å²) in [6.07, 6.45) is 1.38. The monoisotopic (exact) mass is 338 g/mol. The molecule has 22 heavy (non-hydrogen) atoms. The Morgan fingerprint density at radius 1 is 1.18 bits per heavy atom. The van der Waals surface area contributed by atoms with Gasteiger partial charge in [-0.05, 0) is 32.0 Å². The summed E-state index contributed by atoms with van der Waals surface area (Å²) >= 11 is 11.9. The van der Waals surface area contributed by atoms with Crippen LogP contribution in [0.2, 0.25) is 10.0 Å². The fourth-order valence-electron chi connectivity index (χ4n) is 1.97. The Bertz CT molecular complexity index is 674. The number of rotatable bonds is 5. The van der Waals surface area contributed by atoms with Gasteiger partial charge >= 0.3 is 0 Å². The topological polar surface area (TPSA) is 58.1 Å². The van der Waals surface area contributed by atoms with Crippen LogP contribution in [-0.4, -0.2) is 29.0 Å². The van der Waals surface area contributed by atoms with Gasteiger partial charge in [-0.15, -0.1) is 0 Å². The number of halogens is 2. The molecule has 7 heteroatoms. The molecule has 0 aliphatic carbocycles. The first-order chi connectivity index (χ1) is 10.5. The van der Waals surface area contributed by atoms with E-state index in [2.05, 4.69) is 15.3 Å². The first-order valence-electron chi connectivity index (χ1n) is 6.88. The summed E-state index contributed by atoms with van der Waals surface area (Å²) in [4.78, 5) is 22.5. The lowest BCUT2D eigenvalue weighted by Gasteiger charge is -2.19. The maximum absolute atomic E-state index is 12.3. The standard InChI is InChI=1S/C15H16Cl2N4O/c1-3-21(4-2)14-8-13(18-9-19-14)15(22)20-12-7-10(16)5-6-11(12)17/h5-9H,3-4H2,1-2H3,(H,20,22). The van der Waals surface area contributed by atoms with Crippen molar-refractivity contribution < 1.29 is 4.79 Å². The molecule has 0 aliphatic rings. The van der Waals surface area contributed by atoms with Gasteiger partial charge < -0.3 is 10.2 Å². The second-order valence-electron chi connectivity index (χ2n) is 4.51. The van der Waals surface area contributed by atoms with Crippen molar-refractivity contribution in [2.24, 2.45) is 0 Å². The predicted molar refractivity (Wildman–Crippen MR) is 90.0 cm³/mol. The predicted octanol–water partition coefficient (Wildman–Crippen LogP) is 3.88. The van der Waals surface area contributed by atoms with Gasteiger partial charge in [0.2, 0.25) is 0 Å². The third-order valence-electron chi connectivity index (χ3n) is 3.15. The number of hydrogen-bond acceptors (Lipinski definition) is 4. The molecule has 1 aromatic heterocycles. The fraction of sp³-hybridized carbons (Fsp3) is 0.267. The van der Waals surface area contributed by atoms with Gasteiger partial charge in [-0.25, -0.2) is 9.97 Å². The van der Waals surface area contributed by atoms with Crippen LogP contribution in [-0.2, 0) is 0 Å². The number of amides is 1.